The van der Waals surface area contributed by atoms with Gasteiger partial charge in [-0.15, -0.1) is 0 Å². The zero-order chi connectivity index (χ0) is 9.80. The second kappa shape index (κ2) is 3.71. The Bertz CT molecular complexity index is 456. The second-order valence-corrected chi connectivity index (χ2v) is 2.70. The topological polar surface area (TPSA) is 43.3 Å². The Morgan fingerprint density at radius 3 is 2.79 bits per heavy atom. The van der Waals surface area contributed by atoms with Gasteiger partial charge in [0, 0.05) is 5.56 Å². The summed E-state index contributed by atoms with van der Waals surface area (Å²) in [7, 11) is 0. The first kappa shape index (κ1) is 8.45. The van der Waals surface area contributed by atoms with E-state index in [2.05, 4.69) is 15.0 Å². The second-order valence-electron chi connectivity index (χ2n) is 2.70. The zero-order valence-electron chi connectivity index (χ0n) is 7.34. The van der Waals surface area contributed by atoms with E-state index in [1.807, 2.05) is 30.3 Å². The summed E-state index contributed by atoms with van der Waals surface area (Å²) in [4.78, 5) is 7.26. The van der Waals surface area contributed by atoms with Gasteiger partial charge in [-0.1, -0.05) is 23.4 Å². The summed E-state index contributed by atoms with van der Waals surface area (Å²) in [6.07, 6.45) is 0. The van der Waals surface area contributed by atoms with Crippen molar-refractivity contribution >= 4 is 0 Å². The summed E-state index contributed by atoms with van der Waals surface area (Å²) in [5, 5.41) is 3.68. The normalized spacial score (nSPS) is 9.64. The highest BCUT2D eigenvalue weighted by Gasteiger charge is 2.08. The molecule has 0 saturated carbocycles. The molecule has 4 heteroatoms. The lowest BCUT2D eigenvalue weighted by Crippen LogP contribution is -1.81. The molecule has 0 saturated heterocycles. The largest absolute Gasteiger partial charge is 0.334 e. The van der Waals surface area contributed by atoms with Gasteiger partial charge in [0.2, 0.25) is 0 Å². The van der Waals surface area contributed by atoms with Crippen LogP contribution in [0.3, 0.4) is 0 Å². The highest BCUT2D eigenvalue weighted by atomic mass is 16.5. The summed E-state index contributed by atoms with van der Waals surface area (Å²) < 4.78 is 5.00. The smallest absolute Gasteiger partial charge is 0.276 e. The Morgan fingerprint density at radius 1 is 1.29 bits per heavy atom. The van der Waals surface area contributed by atoms with Crippen LogP contribution in [0.25, 0.3) is 16.3 Å². The highest BCUT2D eigenvalue weighted by molar-refractivity contribution is 5.51. The number of aromatic nitrogens is 2. The Balaban J connectivity index is 2.31. The molecular formula is C10H7N3O. The molecule has 0 aliphatic heterocycles. The molecule has 0 spiro atoms. The molecule has 0 unspecified atom stereocenters. The molecule has 0 bridgehead atoms. The summed E-state index contributed by atoms with van der Waals surface area (Å²) in [6, 6.07) is 9.48. The zero-order valence-corrected chi connectivity index (χ0v) is 7.34. The molecule has 68 valence electrons. The SMILES string of the molecule is [C-]#[N+]Cc1noc(-c2ccccc2)n1. The number of hydrogen-bond donors (Lipinski definition) is 0. The Labute approximate surface area is 81.0 Å². The van der Waals surface area contributed by atoms with E-state index >= 15 is 0 Å². The summed E-state index contributed by atoms with van der Waals surface area (Å²) in [6.45, 7) is 6.82. The molecule has 1 aromatic carbocycles. The van der Waals surface area contributed by atoms with Crippen molar-refractivity contribution in [2.24, 2.45) is 0 Å². The van der Waals surface area contributed by atoms with E-state index in [0.29, 0.717) is 11.7 Å². The molecule has 1 heterocycles. The third-order valence-electron chi connectivity index (χ3n) is 1.71. The molecule has 1 aromatic heterocycles. The van der Waals surface area contributed by atoms with E-state index in [9.17, 15) is 0 Å². The van der Waals surface area contributed by atoms with E-state index in [4.69, 9.17) is 11.1 Å². The van der Waals surface area contributed by atoms with Crippen LogP contribution in [0.2, 0.25) is 0 Å². The fourth-order valence-corrected chi connectivity index (χ4v) is 1.09. The van der Waals surface area contributed by atoms with E-state index in [-0.39, 0.29) is 6.54 Å². The van der Waals surface area contributed by atoms with Crippen molar-refractivity contribution < 1.29 is 4.52 Å². The molecule has 0 aliphatic carbocycles. The van der Waals surface area contributed by atoms with Crippen molar-refractivity contribution in [3.05, 3.63) is 47.6 Å². The van der Waals surface area contributed by atoms with Crippen LogP contribution in [0.1, 0.15) is 5.82 Å². The number of rotatable bonds is 2. The minimum Gasteiger partial charge on any atom is -0.334 e. The van der Waals surface area contributed by atoms with Crippen molar-refractivity contribution in [1.82, 2.24) is 10.1 Å². The molecule has 0 atom stereocenters. The molecule has 0 aliphatic rings. The number of nitrogens with zero attached hydrogens (tertiary/aromatic N) is 3. The molecule has 0 N–H and O–H groups in total. The predicted molar refractivity (Wildman–Crippen MR) is 50.0 cm³/mol. The van der Waals surface area contributed by atoms with Gasteiger partial charge in [-0.3, -0.25) is 0 Å². The standard InChI is InChI=1S/C10H7N3O/c1-11-7-9-12-10(14-13-9)8-5-3-2-4-6-8/h2-6H,7H2. The summed E-state index contributed by atoms with van der Waals surface area (Å²) in [5.41, 5.74) is 0.872. The van der Waals surface area contributed by atoms with Crippen molar-refractivity contribution in [1.29, 1.82) is 0 Å². The molecule has 0 radical (unpaired) electrons. The van der Waals surface area contributed by atoms with Crippen LogP contribution in [0, 0.1) is 6.57 Å². The van der Waals surface area contributed by atoms with Crippen LogP contribution in [0.4, 0.5) is 0 Å². The van der Waals surface area contributed by atoms with Crippen LogP contribution in [-0.2, 0) is 6.54 Å². The lowest BCUT2D eigenvalue weighted by molar-refractivity contribution is 0.424. The average molecular weight is 185 g/mol. The molecule has 14 heavy (non-hydrogen) atoms. The molecule has 0 amide bonds. The lowest BCUT2D eigenvalue weighted by Gasteiger charge is -1.89. The fraction of sp³-hybridized carbons (Fsp3) is 0.100. The van der Waals surface area contributed by atoms with Crippen molar-refractivity contribution in [3.63, 3.8) is 0 Å². The van der Waals surface area contributed by atoms with Gasteiger partial charge in [0.1, 0.15) is 0 Å². The maximum absolute atomic E-state index is 6.66. The molecule has 4 nitrogen and oxygen atoms in total. The van der Waals surface area contributed by atoms with E-state index in [0.717, 1.165) is 5.56 Å². The Morgan fingerprint density at radius 2 is 2.07 bits per heavy atom. The third kappa shape index (κ3) is 1.62. The first-order valence-electron chi connectivity index (χ1n) is 4.11. The minimum absolute atomic E-state index is 0.163. The van der Waals surface area contributed by atoms with Gasteiger partial charge in [-0.05, 0) is 12.1 Å². The quantitative estimate of drug-likeness (QED) is 0.673. The molecule has 2 rings (SSSR count). The lowest BCUT2D eigenvalue weighted by atomic mass is 10.2. The van der Waals surface area contributed by atoms with Crippen LogP contribution < -0.4 is 0 Å². The van der Waals surface area contributed by atoms with Crippen LogP contribution in [-0.4, -0.2) is 10.1 Å². The molecule has 2 aromatic rings. The highest BCUT2D eigenvalue weighted by Crippen LogP contribution is 2.15. The van der Waals surface area contributed by atoms with Gasteiger partial charge in [0.25, 0.3) is 18.3 Å². The average Bonchev–Trinajstić information content (AvgIpc) is 2.68. The Hall–Kier alpha value is -2.15. The first-order valence-corrected chi connectivity index (χ1v) is 4.11. The van der Waals surface area contributed by atoms with Gasteiger partial charge >= 0.3 is 0 Å². The van der Waals surface area contributed by atoms with Crippen molar-refractivity contribution in [2.75, 3.05) is 0 Å². The van der Waals surface area contributed by atoms with E-state index < -0.39 is 0 Å². The van der Waals surface area contributed by atoms with Crippen LogP contribution >= 0.6 is 0 Å². The first-order chi connectivity index (χ1) is 6.90. The summed E-state index contributed by atoms with van der Waals surface area (Å²) >= 11 is 0. The van der Waals surface area contributed by atoms with Gasteiger partial charge in [-0.2, -0.15) is 4.98 Å². The van der Waals surface area contributed by atoms with Crippen molar-refractivity contribution in [3.8, 4) is 11.5 Å². The Kier molecular flexibility index (Phi) is 2.24. The molecular weight excluding hydrogens is 178 g/mol. The maximum atomic E-state index is 6.66. The van der Waals surface area contributed by atoms with Gasteiger partial charge < -0.3 is 9.37 Å². The van der Waals surface area contributed by atoms with Gasteiger partial charge in [0.05, 0.1) is 0 Å². The van der Waals surface area contributed by atoms with Gasteiger partial charge in [0.15, 0.2) is 0 Å². The van der Waals surface area contributed by atoms with Crippen LogP contribution in [0.15, 0.2) is 34.9 Å². The monoisotopic (exact) mass is 185 g/mol. The summed E-state index contributed by atoms with van der Waals surface area (Å²) in [5.74, 6) is 0.892. The predicted octanol–water partition coefficient (Wildman–Crippen LogP) is 2.16. The van der Waals surface area contributed by atoms with Crippen LogP contribution in [0.5, 0.6) is 0 Å². The number of benzene rings is 1. The minimum atomic E-state index is 0.163. The molecule has 0 fully saturated rings. The maximum Gasteiger partial charge on any atom is 0.276 e. The van der Waals surface area contributed by atoms with E-state index in [1.54, 1.807) is 0 Å². The van der Waals surface area contributed by atoms with Gasteiger partial charge in [-0.25, -0.2) is 6.57 Å². The van der Waals surface area contributed by atoms with Crippen molar-refractivity contribution in [2.45, 2.75) is 6.54 Å². The van der Waals surface area contributed by atoms with E-state index in [1.165, 1.54) is 0 Å². The third-order valence-corrected chi connectivity index (χ3v) is 1.71. The fourth-order valence-electron chi connectivity index (χ4n) is 1.09. The number of hydrogen-bond acceptors (Lipinski definition) is 3.